The van der Waals surface area contributed by atoms with E-state index in [4.69, 9.17) is 11.6 Å². The Labute approximate surface area is 137 Å². The van der Waals surface area contributed by atoms with Crippen molar-refractivity contribution >= 4 is 33.5 Å². The number of carbonyl (C=O) groups is 1. The molecule has 0 aliphatic rings. The molecular weight excluding hydrogens is 352 g/mol. The first-order chi connectivity index (χ1) is 9.99. The minimum atomic E-state index is -0.960. The molecule has 2 rings (SSSR count). The average Bonchev–Trinajstić information content (AvgIpc) is 2.47. The Kier molecular flexibility index (Phi) is 5.07. The van der Waals surface area contributed by atoms with Crippen LogP contribution in [0.5, 0.6) is 0 Å². The maximum atomic E-state index is 12.0. The van der Waals surface area contributed by atoms with Gasteiger partial charge in [-0.1, -0.05) is 70.9 Å². The maximum absolute atomic E-state index is 12.0. The third-order valence-electron chi connectivity index (χ3n) is 3.85. The second-order valence-electron chi connectivity index (χ2n) is 5.02. The van der Waals surface area contributed by atoms with Crippen LogP contribution in [0.15, 0.2) is 53.0 Å². The number of carboxylic acids is 1. The number of hydrogen-bond donors (Lipinski definition) is 1. The van der Waals surface area contributed by atoms with E-state index in [0.29, 0.717) is 17.9 Å². The van der Waals surface area contributed by atoms with Crippen molar-refractivity contribution in [2.75, 3.05) is 0 Å². The Balaban J connectivity index is 2.49. The predicted molar refractivity (Wildman–Crippen MR) is 88.9 cm³/mol. The lowest BCUT2D eigenvalue weighted by Gasteiger charge is -2.29. The molecule has 0 aromatic heterocycles. The molecular formula is C17H16BrClO2. The molecule has 0 heterocycles. The van der Waals surface area contributed by atoms with Crippen molar-refractivity contribution in [3.8, 4) is 0 Å². The van der Waals surface area contributed by atoms with E-state index in [2.05, 4.69) is 15.9 Å². The molecule has 4 heteroatoms. The fourth-order valence-electron chi connectivity index (χ4n) is 2.53. The Morgan fingerprint density at radius 1 is 1.24 bits per heavy atom. The smallest absolute Gasteiger partial charge is 0.314 e. The van der Waals surface area contributed by atoms with E-state index in [9.17, 15) is 9.90 Å². The Morgan fingerprint density at radius 2 is 1.90 bits per heavy atom. The van der Waals surface area contributed by atoms with Crippen LogP contribution in [0.2, 0.25) is 5.02 Å². The molecule has 0 aliphatic heterocycles. The van der Waals surface area contributed by atoms with Crippen molar-refractivity contribution < 1.29 is 9.90 Å². The van der Waals surface area contributed by atoms with Gasteiger partial charge in [0, 0.05) is 9.50 Å². The van der Waals surface area contributed by atoms with E-state index in [1.165, 1.54) is 0 Å². The second-order valence-corrected chi connectivity index (χ2v) is 6.34. The molecule has 21 heavy (non-hydrogen) atoms. The summed E-state index contributed by atoms with van der Waals surface area (Å²) in [5.41, 5.74) is 0.686. The highest BCUT2D eigenvalue weighted by Crippen LogP contribution is 2.35. The van der Waals surface area contributed by atoms with E-state index >= 15 is 0 Å². The van der Waals surface area contributed by atoms with Crippen molar-refractivity contribution in [1.29, 1.82) is 0 Å². The van der Waals surface area contributed by atoms with Crippen LogP contribution >= 0.6 is 27.5 Å². The number of hydrogen-bond acceptors (Lipinski definition) is 1. The molecule has 0 spiro atoms. The first-order valence-corrected chi connectivity index (χ1v) is 7.89. The van der Waals surface area contributed by atoms with Gasteiger partial charge in [-0.3, -0.25) is 4.79 Å². The SMILES string of the molecule is CCC(Cc1ccc(Br)cc1Cl)(C(=O)O)c1ccccc1. The summed E-state index contributed by atoms with van der Waals surface area (Å²) in [5.74, 6) is -0.824. The monoisotopic (exact) mass is 366 g/mol. The van der Waals surface area contributed by atoms with Crippen molar-refractivity contribution in [2.24, 2.45) is 0 Å². The van der Waals surface area contributed by atoms with Gasteiger partial charge in [0.15, 0.2) is 0 Å². The Morgan fingerprint density at radius 3 is 2.43 bits per heavy atom. The van der Waals surface area contributed by atoms with E-state index in [-0.39, 0.29) is 0 Å². The molecule has 0 saturated carbocycles. The first-order valence-electron chi connectivity index (χ1n) is 6.72. The minimum Gasteiger partial charge on any atom is -0.481 e. The highest BCUT2D eigenvalue weighted by atomic mass is 79.9. The molecule has 0 amide bonds. The molecule has 0 bridgehead atoms. The van der Waals surface area contributed by atoms with Gasteiger partial charge in [0.2, 0.25) is 0 Å². The van der Waals surface area contributed by atoms with Gasteiger partial charge in [-0.2, -0.15) is 0 Å². The molecule has 2 aromatic carbocycles. The predicted octanol–water partition coefficient (Wildman–Crippen LogP) is 5.08. The summed E-state index contributed by atoms with van der Waals surface area (Å²) < 4.78 is 0.883. The number of carboxylic acid groups (broad SMARTS) is 1. The van der Waals surface area contributed by atoms with Crippen LogP contribution in [0.4, 0.5) is 0 Å². The lowest BCUT2D eigenvalue weighted by atomic mass is 9.73. The van der Waals surface area contributed by atoms with E-state index < -0.39 is 11.4 Å². The van der Waals surface area contributed by atoms with Crippen LogP contribution in [0, 0.1) is 0 Å². The maximum Gasteiger partial charge on any atom is 0.314 e. The fourth-order valence-corrected chi connectivity index (χ4v) is 3.27. The van der Waals surface area contributed by atoms with Gasteiger partial charge < -0.3 is 5.11 Å². The van der Waals surface area contributed by atoms with Gasteiger partial charge in [-0.15, -0.1) is 0 Å². The number of aliphatic carboxylic acids is 1. The topological polar surface area (TPSA) is 37.3 Å². The van der Waals surface area contributed by atoms with Crippen LogP contribution in [-0.2, 0) is 16.6 Å². The van der Waals surface area contributed by atoms with Crippen LogP contribution in [0.3, 0.4) is 0 Å². The molecule has 2 nitrogen and oxygen atoms in total. The van der Waals surface area contributed by atoms with E-state index in [1.807, 2.05) is 49.4 Å². The highest BCUT2D eigenvalue weighted by molar-refractivity contribution is 9.10. The van der Waals surface area contributed by atoms with Crippen molar-refractivity contribution in [3.05, 3.63) is 69.2 Å². The molecule has 0 fully saturated rings. The summed E-state index contributed by atoms with van der Waals surface area (Å²) in [6.07, 6.45) is 0.869. The van der Waals surface area contributed by atoms with Gasteiger partial charge >= 0.3 is 5.97 Å². The van der Waals surface area contributed by atoms with Gasteiger partial charge in [-0.05, 0) is 36.1 Å². The van der Waals surface area contributed by atoms with Gasteiger partial charge in [0.1, 0.15) is 0 Å². The number of rotatable bonds is 5. The number of benzene rings is 2. The summed E-state index contributed by atoms with van der Waals surface area (Å²) in [7, 11) is 0. The fraction of sp³-hybridized carbons (Fsp3) is 0.235. The molecule has 0 aliphatic carbocycles. The Hall–Kier alpha value is -1.32. The number of halogens is 2. The van der Waals surface area contributed by atoms with E-state index in [0.717, 1.165) is 15.6 Å². The zero-order valence-electron chi connectivity index (χ0n) is 11.6. The zero-order valence-corrected chi connectivity index (χ0v) is 14.0. The Bertz CT molecular complexity index is 642. The third-order valence-corrected chi connectivity index (χ3v) is 4.69. The standard InChI is InChI=1S/C17H16BrClO2/c1-2-17(16(20)21,13-6-4-3-5-7-13)11-12-8-9-14(18)10-15(12)19/h3-10H,2,11H2,1H3,(H,20,21). The largest absolute Gasteiger partial charge is 0.481 e. The third kappa shape index (κ3) is 3.30. The highest BCUT2D eigenvalue weighted by Gasteiger charge is 2.39. The molecule has 1 N–H and O–H groups in total. The lowest BCUT2D eigenvalue weighted by Crippen LogP contribution is -2.37. The molecule has 1 unspecified atom stereocenters. The lowest BCUT2D eigenvalue weighted by molar-refractivity contribution is -0.144. The molecule has 0 radical (unpaired) electrons. The summed E-state index contributed by atoms with van der Waals surface area (Å²) in [5, 5.41) is 10.4. The molecule has 0 saturated heterocycles. The van der Waals surface area contributed by atoms with Crippen molar-refractivity contribution in [1.82, 2.24) is 0 Å². The average molecular weight is 368 g/mol. The summed E-state index contributed by atoms with van der Waals surface area (Å²) >= 11 is 9.63. The molecule has 110 valence electrons. The van der Waals surface area contributed by atoms with Crippen molar-refractivity contribution in [3.63, 3.8) is 0 Å². The van der Waals surface area contributed by atoms with Gasteiger partial charge in [-0.25, -0.2) is 0 Å². The molecule has 2 aromatic rings. The minimum absolute atomic E-state index is 0.370. The van der Waals surface area contributed by atoms with Gasteiger partial charge in [0.25, 0.3) is 0 Å². The summed E-state index contributed by atoms with van der Waals surface area (Å²) in [4.78, 5) is 12.0. The normalized spacial score (nSPS) is 13.7. The van der Waals surface area contributed by atoms with Crippen LogP contribution in [0.1, 0.15) is 24.5 Å². The first kappa shape index (κ1) is 16.1. The second kappa shape index (κ2) is 6.63. The summed E-state index contributed by atoms with van der Waals surface area (Å²) in [6, 6.07) is 14.9. The van der Waals surface area contributed by atoms with Crippen LogP contribution in [-0.4, -0.2) is 11.1 Å². The summed E-state index contributed by atoms with van der Waals surface area (Å²) in [6.45, 7) is 1.90. The van der Waals surface area contributed by atoms with Crippen molar-refractivity contribution in [2.45, 2.75) is 25.2 Å². The zero-order chi connectivity index (χ0) is 15.5. The van der Waals surface area contributed by atoms with Crippen LogP contribution in [0.25, 0.3) is 0 Å². The quantitative estimate of drug-likeness (QED) is 0.800. The van der Waals surface area contributed by atoms with E-state index in [1.54, 1.807) is 6.07 Å². The molecule has 1 atom stereocenters. The van der Waals surface area contributed by atoms with Gasteiger partial charge in [0.05, 0.1) is 5.41 Å². The van der Waals surface area contributed by atoms with Crippen LogP contribution < -0.4 is 0 Å².